The zero-order chi connectivity index (χ0) is 13.1. The van der Waals surface area contributed by atoms with Crippen LogP contribution in [0, 0.1) is 0 Å². The van der Waals surface area contributed by atoms with E-state index in [1.807, 2.05) is 0 Å². The Kier molecular flexibility index (Phi) is 3.92. The molecule has 17 heavy (non-hydrogen) atoms. The SMILES string of the molecule is CCN(CC(F)(F)F)c1nc(N)nc(OC)n1. The van der Waals surface area contributed by atoms with Gasteiger partial charge in [0.15, 0.2) is 0 Å². The minimum Gasteiger partial charge on any atom is -0.467 e. The summed E-state index contributed by atoms with van der Waals surface area (Å²) in [5.41, 5.74) is 5.34. The number of alkyl halides is 3. The van der Waals surface area contributed by atoms with Gasteiger partial charge >= 0.3 is 12.2 Å². The molecule has 9 heteroatoms. The molecule has 1 heterocycles. The third-order valence-electron chi connectivity index (χ3n) is 1.84. The lowest BCUT2D eigenvalue weighted by atomic mass is 10.5. The molecule has 1 aromatic heterocycles. The summed E-state index contributed by atoms with van der Waals surface area (Å²) < 4.78 is 41.6. The molecule has 0 aliphatic heterocycles. The van der Waals surface area contributed by atoms with Gasteiger partial charge in [0.05, 0.1) is 7.11 Å². The second-order valence-electron chi connectivity index (χ2n) is 3.11. The van der Waals surface area contributed by atoms with Crippen LogP contribution in [0.4, 0.5) is 25.1 Å². The van der Waals surface area contributed by atoms with Crippen LogP contribution in [0.1, 0.15) is 6.92 Å². The van der Waals surface area contributed by atoms with E-state index in [2.05, 4.69) is 15.0 Å². The fourth-order valence-corrected chi connectivity index (χ4v) is 1.13. The molecular weight excluding hydrogens is 239 g/mol. The van der Waals surface area contributed by atoms with Gasteiger partial charge in [-0.3, -0.25) is 0 Å². The van der Waals surface area contributed by atoms with Gasteiger partial charge in [-0.1, -0.05) is 0 Å². The topological polar surface area (TPSA) is 77.2 Å². The van der Waals surface area contributed by atoms with Crippen molar-refractivity contribution >= 4 is 11.9 Å². The molecule has 0 aromatic carbocycles. The van der Waals surface area contributed by atoms with Crippen molar-refractivity contribution in [3.63, 3.8) is 0 Å². The molecule has 96 valence electrons. The van der Waals surface area contributed by atoms with Gasteiger partial charge in [0, 0.05) is 6.54 Å². The van der Waals surface area contributed by atoms with Crippen molar-refractivity contribution in [3.8, 4) is 6.01 Å². The fraction of sp³-hybridized carbons (Fsp3) is 0.625. The highest BCUT2D eigenvalue weighted by Gasteiger charge is 2.31. The van der Waals surface area contributed by atoms with E-state index in [1.165, 1.54) is 7.11 Å². The Labute approximate surface area is 95.6 Å². The summed E-state index contributed by atoms with van der Waals surface area (Å²) in [6.07, 6.45) is -4.34. The van der Waals surface area contributed by atoms with E-state index in [-0.39, 0.29) is 24.5 Å². The summed E-state index contributed by atoms with van der Waals surface area (Å²) >= 11 is 0. The van der Waals surface area contributed by atoms with Gasteiger partial charge in [0.1, 0.15) is 6.54 Å². The number of nitrogen functional groups attached to an aromatic ring is 1. The van der Waals surface area contributed by atoms with E-state index in [1.54, 1.807) is 6.92 Å². The molecule has 0 aliphatic carbocycles. The normalized spacial score (nSPS) is 11.4. The number of hydrogen-bond acceptors (Lipinski definition) is 6. The van der Waals surface area contributed by atoms with E-state index in [0.29, 0.717) is 0 Å². The number of hydrogen-bond donors (Lipinski definition) is 1. The molecular formula is C8H12F3N5O. The number of rotatable bonds is 4. The van der Waals surface area contributed by atoms with Crippen LogP contribution in [-0.2, 0) is 0 Å². The van der Waals surface area contributed by atoms with Gasteiger partial charge in [-0.15, -0.1) is 0 Å². The lowest BCUT2D eigenvalue weighted by Gasteiger charge is -2.22. The van der Waals surface area contributed by atoms with Crippen molar-refractivity contribution in [1.82, 2.24) is 15.0 Å². The minimum atomic E-state index is -4.34. The van der Waals surface area contributed by atoms with Gasteiger partial charge in [-0.2, -0.15) is 28.1 Å². The largest absolute Gasteiger partial charge is 0.467 e. The van der Waals surface area contributed by atoms with Crippen LogP contribution in [0.2, 0.25) is 0 Å². The summed E-state index contributed by atoms with van der Waals surface area (Å²) in [4.78, 5) is 11.9. The third kappa shape index (κ3) is 3.93. The molecule has 0 spiro atoms. The van der Waals surface area contributed by atoms with E-state index in [4.69, 9.17) is 10.5 Å². The average Bonchev–Trinajstić information content (AvgIpc) is 2.23. The summed E-state index contributed by atoms with van der Waals surface area (Å²) in [6.45, 7) is 0.487. The predicted molar refractivity (Wildman–Crippen MR) is 54.7 cm³/mol. The van der Waals surface area contributed by atoms with Gasteiger partial charge < -0.3 is 15.4 Å². The van der Waals surface area contributed by atoms with Gasteiger partial charge in [-0.25, -0.2) is 0 Å². The Morgan fingerprint density at radius 3 is 2.41 bits per heavy atom. The van der Waals surface area contributed by atoms with Crippen LogP contribution in [-0.4, -0.2) is 41.3 Å². The molecule has 0 atom stereocenters. The molecule has 0 aliphatic rings. The van der Waals surface area contributed by atoms with Crippen LogP contribution in [0.3, 0.4) is 0 Å². The Balaban J connectivity index is 2.99. The maximum atomic E-state index is 12.3. The average molecular weight is 251 g/mol. The summed E-state index contributed by atoms with van der Waals surface area (Å²) in [5, 5.41) is 0. The summed E-state index contributed by atoms with van der Waals surface area (Å²) in [6, 6.07) is -0.117. The van der Waals surface area contributed by atoms with Crippen molar-refractivity contribution in [2.75, 3.05) is 30.8 Å². The maximum absolute atomic E-state index is 12.3. The number of nitrogens with two attached hydrogens (primary N) is 1. The third-order valence-corrected chi connectivity index (χ3v) is 1.84. The van der Waals surface area contributed by atoms with E-state index in [0.717, 1.165) is 4.90 Å². The van der Waals surface area contributed by atoms with E-state index < -0.39 is 12.7 Å². The molecule has 0 amide bonds. The first-order chi connectivity index (χ1) is 7.85. The van der Waals surface area contributed by atoms with Crippen LogP contribution in [0.15, 0.2) is 0 Å². The molecule has 0 bridgehead atoms. The molecule has 0 fully saturated rings. The first-order valence-electron chi connectivity index (χ1n) is 4.73. The van der Waals surface area contributed by atoms with Crippen LogP contribution < -0.4 is 15.4 Å². The number of aromatic nitrogens is 3. The van der Waals surface area contributed by atoms with Crippen molar-refractivity contribution in [2.24, 2.45) is 0 Å². The molecule has 0 unspecified atom stereocenters. The Morgan fingerprint density at radius 1 is 1.29 bits per heavy atom. The highest BCUT2D eigenvalue weighted by Crippen LogP contribution is 2.20. The number of methoxy groups -OCH3 is 1. The number of anilines is 2. The first-order valence-corrected chi connectivity index (χ1v) is 4.73. The second kappa shape index (κ2) is 5.02. The zero-order valence-corrected chi connectivity index (χ0v) is 9.32. The van der Waals surface area contributed by atoms with Crippen LogP contribution in [0.5, 0.6) is 6.01 Å². The second-order valence-corrected chi connectivity index (χ2v) is 3.11. The highest BCUT2D eigenvalue weighted by atomic mass is 19.4. The Bertz CT molecular complexity index is 384. The molecule has 2 N–H and O–H groups in total. The molecule has 1 rings (SSSR count). The molecule has 0 saturated heterocycles. The van der Waals surface area contributed by atoms with Gasteiger partial charge in [0.25, 0.3) is 0 Å². The fourth-order valence-electron chi connectivity index (χ4n) is 1.13. The quantitative estimate of drug-likeness (QED) is 0.854. The molecule has 6 nitrogen and oxygen atoms in total. The lowest BCUT2D eigenvalue weighted by molar-refractivity contribution is -0.119. The van der Waals surface area contributed by atoms with Crippen LogP contribution >= 0.6 is 0 Å². The lowest BCUT2D eigenvalue weighted by Crippen LogP contribution is -2.35. The highest BCUT2D eigenvalue weighted by molar-refractivity contribution is 5.35. The zero-order valence-electron chi connectivity index (χ0n) is 9.32. The van der Waals surface area contributed by atoms with Crippen molar-refractivity contribution in [3.05, 3.63) is 0 Å². The minimum absolute atomic E-state index is 0.0894. The van der Waals surface area contributed by atoms with Crippen LogP contribution in [0.25, 0.3) is 0 Å². The molecule has 0 radical (unpaired) electrons. The number of ether oxygens (including phenoxy) is 1. The monoisotopic (exact) mass is 251 g/mol. The maximum Gasteiger partial charge on any atom is 0.406 e. The van der Waals surface area contributed by atoms with E-state index >= 15 is 0 Å². The van der Waals surface area contributed by atoms with Crippen molar-refractivity contribution in [2.45, 2.75) is 13.1 Å². The van der Waals surface area contributed by atoms with Gasteiger partial charge in [0.2, 0.25) is 11.9 Å². The molecule has 1 aromatic rings. The number of nitrogens with zero attached hydrogens (tertiary/aromatic N) is 4. The summed E-state index contributed by atoms with van der Waals surface area (Å²) in [5.74, 6) is -0.346. The van der Waals surface area contributed by atoms with Crippen molar-refractivity contribution < 1.29 is 17.9 Å². The number of halogens is 3. The van der Waals surface area contributed by atoms with E-state index in [9.17, 15) is 13.2 Å². The smallest absolute Gasteiger partial charge is 0.406 e. The predicted octanol–water partition coefficient (Wildman–Crippen LogP) is 0.851. The summed E-state index contributed by atoms with van der Waals surface area (Å²) in [7, 11) is 1.29. The first kappa shape index (κ1) is 13.3. The Morgan fingerprint density at radius 2 is 1.94 bits per heavy atom. The standard InChI is InChI=1S/C8H12F3N5O/c1-3-16(4-8(9,10)11)6-13-5(12)14-7(15-6)17-2/h3-4H2,1-2H3,(H2,12,13,14,15). The molecule has 0 saturated carbocycles. The Hall–Kier alpha value is -1.80. The van der Waals surface area contributed by atoms with Gasteiger partial charge in [-0.05, 0) is 6.92 Å². The van der Waals surface area contributed by atoms with Crippen molar-refractivity contribution in [1.29, 1.82) is 0 Å².